The Hall–Kier alpha value is -3.45. The van der Waals surface area contributed by atoms with Gasteiger partial charge in [0.2, 0.25) is 5.91 Å². The first-order valence-electron chi connectivity index (χ1n) is 13.4. The molecule has 6 rings (SSSR count). The molecule has 2 saturated carbocycles. The van der Waals surface area contributed by atoms with E-state index in [2.05, 4.69) is 39.1 Å². The number of likely N-dealkylation sites (N-methyl/N-ethyl adjacent to an activating group) is 1. The van der Waals surface area contributed by atoms with Gasteiger partial charge in [-0.2, -0.15) is 0 Å². The van der Waals surface area contributed by atoms with Crippen molar-refractivity contribution in [3.63, 3.8) is 0 Å². The number of carbonyl (C=O) groups is 2. The van der Waals surface area contributed by atoms with Gasteiger partial charge in [0, 0.05) is 48.5 Å². The minimum atomic E-state index is -0.541. The zero-order chi connectivity index (χ0) is 25.7. The maximum Gasteiger partial charge on any atom is 0.268 e. The molecule has 7 heteroatoms. The van der Waals surface area contributed by atoms with Gasteiger partial charge in [-0.1, -0.05) is 12.1 Å². The fraction of sp³-hybridized carbons (Fsp3) is 0.433. The summed E-state index contributed by atoms with van der Waals surface area (Å²) in [5.41, 5.74) is 6.88. The molecule has 0 bridgehead atoms. The average Bonchev–Trinajstić information content (AvgIpc) is 3.27. The van der Waals surface area contributed by atoms with E-state index < -0.39 is 6.04 Å². The van der Waals surface area contributed by atoms with E-state index in [9.17, 15) is 9.59 Å². The quantitative estimate of drug-likeness (QED) is 0.529. The molecule has 2 amide bonds. The molecule has 0 saturated heterocycles. The molecule has 0 unspecified atom stereocenters. The molecule has 0 radical (unpaired) electrons. The molecule has 3 aliphatic rings. The van der Waals surface area contributed by atoms with E-state index in [0.29, 0.717) is 5.69 Å². The fourth-order valence-electron chi connectivity index (χ4n) is 6.45. The summed E-state index contributed by atoms with van der Waals surface area (Å²) in [5.74, 6) is 1.33. The Balaban J connectivity index is 1.19. The third-order valence-electron chi connectivity index (χ3n) is 8.55. The van der Waals surface area contributed by atoms with Gasteiger partial charge in [-0.05, 0) is 99.4 Å². The maximum atomic E-state index is 13.6. The van der Waals surface area contributed by atoms with Gasteiger partial charge >= 0.3 is 0 Å². The SMILES string of the molecule is Cc1ccnc(C)c1-c1ccc(NC(=O)[C@@H](NC(=O)c2ccc3n2CCN(C)C3)[C@H]2C[C@H]3C[C@H]3C2)cc1. The van der Waals surface area contributed by atoms with Crippen LogP contribution >= 0.6 is 0 Å². The van der Waals surface area contributed by atoms with Crippen LogP contribution in [0, 0.1) is 31.6 Å². The Bertz CT molecular complexity index is 1310. The first kappa shape index (κ1) is 23.9. The number of nitrogens with zero attached hydrogens (tertiary/aromatic N) is 3. The van der Waals surface area contributed by atoms with Crippen LogP contribution in [0.1, 0.15) is 46.7 Å². The second kappa shape index (κ2) is 9.45. The van der Waals surface area contributed by atoms with Crippen LogP contribution in [0.2, 0.25) is 0 Å². The van der Waals surface area contributed by atoms with Crippen molar-refractivity contribution in [2.45, 2.75) is 52.2 Å². The molecule has 0 spiro atoms. The van der Waals surface area contributed by atoms with Crippen LogP contribution in [0.4, 0.5) is 5.69 Å². The molecule has 3 aromatic rings. The predicted octanol–water partition coefficient (Wildman–Crippen LogP) is 4.40. The molecule has 2 N–H and O–H groups in total. The summed E-state index contributed by atoms with van der Waals surface area (Å²) in [5, 5.41) is 6.23. The molecule has 3 heterocycles. The zero-order valence-corrected chi connectivity index (χ0v) is 21.8. The molecule has 7 nitrogen and oxygen atoms in total. The van der Waals surface area contributed by atoms with Crippen LogP contribution < -0.4 is 10.6 Å². The van der Waals surface area contributed by atoms with Gasteiger partial charge in [-0.25, -0.2) is 0 Å². The van der Waals surface area contributed by atoms with Crippen LogP contribution in [0.5, 0.6) is 0 Å². The summed E-state index contributed by atoms with van der Waals surface area (Å²) in [6.45, 7) is 6.62. The van der Waals surface area contributed by atoms with Crippen molar-refractivity contribution in [2.75, 3.05) is 18.9 Å². The monoisotopic (exact) mass is 497 g/mol. The number of benzene rings is 1. The van der Waals surface area contributed by atoms with Crippen LogP contribution in [-0.2, 0) is 17.9 Å². The van der Waals surface area contributed by atoms with E-state index in [1.165, 1.54) is 12.0 Å². The normalized spacial score (nSPS) is 23.2. The summed E-state index contributed by atoms with van der Waals surface area (Å²) in [4.78, 5) is 33.7. The highest BCUT2D eigenvalue weighted by Crippen LogP contribution is 2.55. The molecule has 1 aliphatic heterocycles. The minimum absolute atomic E-state index is 0.133. The van der Waals surface area contributed by atoms with Crippen LogP contribution in [0.3, 0.4) is 0 Å². The summed E-state index contributed by atoms with van der Waals surface area (Å²) < 4.78 is 2.09. The lowest BCUT2D eigenvalue weighted by Gasteiger charge is -2.28. The Labute approximate surface area is 218 Å². The maximum absolute atomic E-state index is 13.6. The molecule has 37 heavy (non-hydrogen) atoms. The number of nitrogens with one attached hydrogen (secondary N) is 2. The lowest BCUT2D eigenvalue weighted by Crippen LogP contribution is -2.49. The molecule has 1 aromatic carbocycles. The minimum Gasteiger partial charge on any atom is -0.339 e. The summed E-state index contributed by atoms with van der Waals surface area (Å²) >= 11 is 0. The molecule has 192 valence electrons. The number of hydrogen-bond donors (Lipinski definition) is 2. The topological polar surface area (TPSA) is 79.3 Å². The summed E-state index contributed by atoms with van der Waals surface area (Å²) in [7, 11) is 2.09. The lowest BCUT2D eigenvalue weighted by atomic mass is 9.93. The third-order valence-corrected chi connectivity index (χ3v) is 8.55. The van der Waals surface area contributed by atoms with Crippen LogP contribution in [0.15, 0.2) is 48.7 Å². The van der Waals surface area contributed by atoms with Crippen molar-refractivity contribution in [2.24, 2.45) is 17.8 Å². The van der Waals surface area contributed by atoms with Gasteiger partial charge in [-0.3, -0.25) is 19.5 Å². The molecule has 2 aliphatic carbocycles. The van der Waals surface area contributed by atoms with Gasteiger partial charge in [-0.15, -0.1) is 0 Å². The second-order valence-corrected chi connectivity index (χ2v) is 11.2. The smallest absolute Gasteiger partial charge is 0.268 e. The fourth-order valence-corrected chi connectivity index (χ4v) is 6.45. The molecular weight excluding hydrogens is 462 g/mol. The second-order valence-electron chi connectivity index (χ2n) is 11.2. The molecule has 2 aromatic heterocycles. The van der Waals surface area contributed by atoms with Crippen molar-refractivity contribution in [1.29, 1.82) is 0 Å². The number of fused-ring (bicyclic) bond motifs is 2. The predicted molar refractivity (Wildman–Crippen MR) is 144 cm³/mol. The van der Waals surface area contributed by atoms with Crippen molar-refractivity contribution >= 4 is 17.5 Å². The van der Waals surface area contributed by atoms with E-state index in [4.69, 9.17) is 0 Å². The van der Waals surface area contributed by atoms with Crippen molar-refractivity contribution in [1.82, 2.24) is 19.8 Å². The van der Waals surface area contributed by atoms with E-state index in [-0.39, 0.29) is 17.7 Å². The Kier molecular flexibility index (Phi) is 6.11. The number of carbonyl (C=O) groups excluding carboxylic acids is 2. The van der Waals surface area contributed by atoms with Crippen molar-refractivity contribution in [3.05, 3.63) is 71.3 Å². The highest BCUT2D eigenvalue weighted by atomic mass is 16.2. The highest BCUT2D eigenvalue weighted by Gasteiger charge is 2.49. The lowest BCUT2D eigenvalue weighted by molar-refractivity contribution is -0.119. The Morgan fingerprint density at radius 1 is 0.973 bits per heavy atom. The number of anilines is 1. The Morgan fingerprint density at radius 3 is 2.46 bits per heavy atom. The van der Waals surface area contributed by atoms with Crippen LogP contribution in [0.25, 0.3) is 11.1 Å². The van der Waals surface area contributed by atoms with E-state index in [1.807, 2.05) is 55.6 Å². The largest absolute Gasteiger partial charge is 0.339 e. The number of rotatable bonds is 6. The summed E-state index contributed by atoms with van der Waals surface area (Å²) in [6.07, 6.45) is 5.12. The number of hydrogen-bond acceptors (Lipinski definition) is 4. The van der Waals surface area contributed by atoms with Gasteiger partial charge in [0.05, 0.1) is 0 Å². The number of aromatic nitrogens is 2. The van der Waals surface area contributed by atoms with Gasteiger partial charge < -0.3 is 15.2 Å². The molecular formula is C30H35N5O2. The molecule has 2 fully saturated rings. The van der Waals surface area contributed by atoms with E-state index in [1.54, 1.807) is 0 Å². The summed E-state index contributed by atoms with van der Waals surface area (Å²) in [6, 6.07) is 13.3. The van der Waals surface area contributed by atoms with Gasteiger partial charge in [0.15, 0.2) is 0 Å². The van der Waals surface area contributed by atoms with Gasteiger partial charge in [0.1, 0.15) is 11.7 Å². The average molecular weight is 498 g/mol. The van der Waals surface area contributed by atoms with Crippen LogP contribution in [-0.4, -0.2) is 45.9 Å². The van der Waals surface area contributed by atoms with E-state index >= 15 is 0 Å². The zero-order valence-electron chi connectivity index (χ0n) is 21.8. The van der Waals surface area contributed by atoms with Crippen molar-refractivity contribution in [3.8, 4) is 11.1 Å². The first-order chi connectivity index (χ1) is 17.9. The van der Waals surface area contributed by atoms with Crippen molar-refractivity contribution < 1.29 is 9.59 Å². The molecule has 4 atom stereocenters. The number of amides is 2. The van der Waals surface area contributed by atoms with Gasteiger partial charge in [0.25, 0.3) is 5.91 Å². The third kappa shape index (κ3) is 4.68. The Morgan fingerprint density at radius 2 is 1.73 bits per heavy atom. The highest BCUT2D eigenvalue weighted by molar-refractivity contribution is 6.01. The standard InChI is InChI=1S/C30H35N5O2/c1-18-10-11-31-19(2)27(18)20-4-6-24(7-5-20)32-30(37)28(23-15-21-14-22(21)16-23)33-29(36)26-9-8-25-17-34(3)12-13-35(25)26/h4-11,21-23,28H,12-17H2,1-3H3,(H,32,37)(H,33,36)/t21-,22+,23+,28-/m0/s1. The van der Waals surface area contributed by atoms with E-state index in [0.717, 1.165) is 72.5 Å². The first-order valence-corrected chi connectivity index (χ1v) is 13.4. The number of aryl methyl sites for hydroxylation is 2. The number of pyridine rings is 1.